The summed E-state index contributed by atoms with van der Waals surface area (Å²) in [4.78, 5) is 22.6. The summed E-state index contributed by atoms with van der Waals surface area (Å²) in [5.41, 5.74) is 5.98. The van der Waals surface area contributed by atoms with Crippen LogP contribution in [0.25, 0.3) is 10.9 Å². The standard InChI is InChI=1S/C29H30N4O/c1-2-22-12-14-24(15-13-22)29(34)31-27-20-30-26-11-7-6-10-25(26)28(27)33-18-16-32(17-19-33)21-23-8-4-3-5-9-23/h3-15,20H,2,16-19,21H2,1H3,(H,31,34). The zero-order valence-corrected chi connectivity index (χ0v) is 19.6. The number of anilines is 2. The molecule has 0 unspecified atom stereocenters. The predicted octanol–water partition coefficient (Wildman–Crippen LogP) is 5.37. The van der Waals surface area contributed by atoms with Gasteiger partial charge < -0.3 is 10.2 Å². The second-order valence-electron chi connectivity index (χ2n) is 8.79. The van der Waals surface area contributed by atoms with Crippen molar-refractivity contribution in [2.45, 2.75) is 19.9 Å². The molecule has 1 N–H and O–H groups in total. The van der Waals surface area contributed by atoms with E-state index in [9.17, 15) is 4.79 Å². The van der Waals surface area contributed by atoms with Gasteiger partial charge >= 0.3 is 0 Å². The van der Waals surface area contributed by atoms with Crippen LogP contribution in [0, 0.1) is 0 Å². The number of rotatable bonds is 6. The number of piperazine rings is 1. The maximum atomic E-state index is 13.1. The highest BCUT2D eigenvalue weighted by atomic mass is 16.1. The van der Waals surface area contributed by atoms with Crippen molar-refractivity contribution in [2.24, 2.45) is 0 Å². The number of carbonyl (C=O) groups is 1. The lowest BCUT2D eigenvalue weighted by atomic mass is 10.1. The van der Waals surface area contributed by atoms with Gasteiger partial charge in [-0.3, -0.25) is 14.7 Å². The summed E-state index contributed by atoms with van der Waals surface area (Å²) in [6, 6.07) is 26.6. The molecule has 0 aliphatic carbocycles. The van der Waals surface area contributed by atoms with Crippen LogP contribution in [0.1, 0.15) is 28.4 Å². The van der Waals surface area contributed by atoms with Gasteiger partial charge in [0.25, 0.3) is 5.91 Å². The number of aryl methyl sites for hydroxylation is 1. The number of nitrogens with one attached hydrogen (secondary N) is 1. The van der Waals surface area contributed by atoms with E-state index < -0.39 is 0 Å². The summed E-state index contributed by atoms with van der Waals surface area (Å²) in [6.07, 6.45) is 2.75. The SMILES string of the molecule is CCc1ccc(C(=O)Nc2cnc3ccccc3c2N2CCN(Cc3ccccc3)CC2)cc1. The topological polar surface area (TPSA) is 48.5 Å². The molecule has 3 aromatic carbocycles. The molecule has 172 valence electrons. The number of amides is 1. The molecule has 2 heterocycles. The maximum absolute atomic E-state index is 13.1. The van der Waals surface area contributed by atoms with E-state index in [2.05, 4.69) is 63.4 Å². The number of benzene rings is 3. The van der Waals surface area contributed by atoms with Crippen molar-refractivity contribution in [1.29, 1.82) is 0 Å². The number of hydrogen-bond donors (Lipinski definition) is 1. The summed E-state index contributed by atoms with van der Waals surface area (Å²) in [6.45, 7) is 6.81. The molecular weight excluding hydrogens is 420 g/mol. The highest BCUT2D eigenvalue weighted by molar-refractivity contribution is 6.09. The van der Waals surface area contributed by atoms with Crippen molar-refractivity contribution >= 4 is 28.2 Å². The summed E-state index contributed by atoms with van der Waals surface area (Å²) in [7, 11) is 0. The largest absolute Gasteiger partial charge is 0.367 e. The summed E-state index contributed by atoms with van der Waals surface area (Å²) >= 11 is 0. The first-order valence-corrected chi connectivity index (χ1v) is 12.0. The molecule has 1 saturated heterocycles. The minimum Gasteiger partial charge on any atom is -0.367 e. The molecule has 0 spiro atoms. The average Bonchev–Trinajstić information content (AvgIpc) is 2.90. The molecule has 4 aromatic rings. The van der Waals surface area contributed by atoms with Gasteiger partial charge in [-0.1, -0.05) is 67.6 Å². The number of carbonyl (C=O) groups excluding carboxylic acids is 1. The fourth-order valence-electron chi connectivity index (χ4n) is 4.62. The van der Waals surface area contributed by atoms with Crippen molar-refractivity contribution in [2.75, 3.05) is 36.4 Å². The van der Waals surface area contributed by atoms with E-state index in [1.165, 1.54) is 11.1 Å². The summed E-state index contributed by atoms with van der Waals surface area (Å²) in [5, 5.41) is 4.22. The highest BCUT2D eigenvalue weighted by Crippen LogP contribution is 2.34. The molecule has 0 atom stereocenters. The fourth-order valence-corrected chi connectivity index (χ4v) is 4.62. The van der Waals surface area contributed by atoms with Crippen LogP contribution in [-0.4, -0.2) is 42.0 Å². The van der Waals surface area contributed by atoms with E-state index >= 15 is 0 Å². The van der Waals surface area contributed by atoms with Crippen LogP contribution in [-0.2, 0) is 13.0 Å². The van der Waals surface area contributed by atoms with Gasteiger partial charge in [0, 0.05) is 43.7 Å². The van der Waals surface area contributed by atoms with Gasteiger partial charge in [0.15, 0.2) is 0 Å². The highest BCUT2D eigenvalue weighted by Gasteiger charge is 2.23. The first kappa shape index (κ1) is 22.1. The molecule has 1 amide bonds. The minimum atomic E-state index is -0.108. The van der Waals surface area contributed by atoms with Crippen molar-refractivity contribution in [1.82, 2.24) is 9.88 Å². The molecule has 34 heavy (non-hydrogen) atoms. The van der Waals surface area contributed by atoms with Gasteiger partial charge in [-0.15, -0.1) is 0 Å². The minimum absolute atomic E-state index is 0.108. The Bertz CT molecular complexity index is 1260. The normalized spacial score (nSPS) is 14.3. The lowest BCUT2D eigenvalue weighted by Gasteiger charge is -2.37. The van der Waals surface area contributed by atoms with Crippen LogP contribution in [0.4, 0.5) is 11.4 Å². The molecule has 5 rings (SSSR count). The molecule has 5 heteroatoms. The number of fused-ring (bicyclic) bond motifs is 1. The third-order valence-electron chi connectivity index (χ3n) is 6.56. The number of aromatic nitrogens is 1. The summed E-state index contributed by atoms with van der Waals surface area (Å²) in [5.74, 6) is -0.108. The monoisotopic (exact) mass is 450 g/mol. The third-order valence-corrected chi connectivity index (χ3v) is 6.56. The van der Waals surface area contributed by atoms with E-state index in [0.717, 1.165) is 61.4 Å². The van der Waals surface area contributed by atoms with E-state index in [1.54, 1.807) is 6.20 Å². The zero-order valence-electron chi connectivity index (χ0n) is 19.6. The van der Waals surface area contributed by atoms with Gasteiger partial charge in [0.1, 0.15) is 0 Å². The Morgan fingerprint density at radius 1 is 0.853 bits per heavy atom. The molecule has 5 nitrogen and oxygen atoms in total. The Morgan fingerprint density at radius 3 is 2.29 bits per heavy atom. The fraction of sp³-hybridized carbons (Fsp3) is 0.241. The molecule has 1 fully saturated rings. The number of hydrogen-bond acceptors (Lipinski definition) is 4. The van der Waals surface area contributed by atoms with Crippen LogP contribution >= 0.6 is 0 Å². The van der Waals surface area contributed by atoms with Gasteiger partial charge in [-0.05, 0) is 35.7 Å². The van der Waals surface area contributed by atoms with E-state index in [1.807, 2.05) is 42.5 Å². The predicted molar refractivity (Wildman–Crippen MR) is 139 cm³/mol. The number of pyridine rings is 1. The smallest absolute Gasteiger partial charge is 0.255 e. The van der Waals surface area contributed by atoms with Crippen LogP contribution in [0.3, 0.4) is 0 Å². The lowest BCUT2D eigenvalue weighted by molar-refractivity contribution is 0.102. The Balaban J connectivity index is 1.38. The number of para-hydroxylation sites is 1. The Hall–Kier alpha value is -3.70. The van der Waals surface area contributed by atoms with Crippen molar-refractivity contribution in [3.05, 3.63) is 102 Å². The van der Waals surface area contributed by atoms with Crippen LogP contribution < -0.4 is 10.2 Å². The van der Waals surface area contributed by atoms with Gasteiger partial charge in [0.05, 0.1) is 23.1 Å². The third kappa shape index (κ3) is 4.80. The quantitative estimate of drug-likeness (QED) is 0.429. The molecule has 0 radical (unpaired) electrons. The molecule has 1 aromatic heterocycles. The van der Waals surface area contributed by atoms with Crippen LogP contribution in [0.2, 0.25) is 0 Å². The van der Waals surface area contributed by atoms with Gasteiger partial charge in [0.2, 0.25) is 0 Å². The first-order chi connectivity index (χ1) is 16.7. The second kappa shape index (κ2) is 10.1. The Morgan fingerprint density at radius 2 is 1.56 bits per heavy atom. The molecule has 0 bridgehead atoms. The lowest BCUT2D eigenvalue weighted by Crippen LogP contribution is -2.46. The van der Waals surface area contributed by atoms with Crippen molar-refractivity contribution < 1.29 is 4.79 Å². The van der Waals surface area contributed by atoms with Crippen LogP contribution in [0.5, 0.6) is 0 Å². The van der Waals surface area contributed by atoms with E-state index in [0.29, 0.717) is 5.56 Å². The van der Waals surface area contributed by atoms with E-state index in [4.69, 9.17) is 0 Å². The summed E-state index contributed by atoms with van der Waals surface area (Å²) < 4.78 is 0. The van der Waals surface area contributed by atoms with Crippen LogP contribution in [0.15, 0.2) is 85.1 Å². The van der Waals surface area contributed by atoms with E-state index in [-0.39, 0.29) is 5.91 Å². The Kier molecular flexibility index (Phi) is 6.54. The Labute approximate surface area is 201 Å². The zero-order chi connectivity index (χ0) is 23.3. The van der Waals surface area contributed by atoms with Gasteiger partial charge in [-0.2, -0.15) is 0 Å². The molecule has 1 aliphatic rings. The first-order valence-electron chi connectivity index (χ1n) is 12.0. The van der Waals surface area contributed by atoms with Crippen molar-refractivity contribution in [3.63, 3.8) is 0 Å². The molecular formula is C29H30N4O. The van der Waals surface area contributed by atoms with Gasteiger partial charge in [-0.25, -0.2) is 0 Å². The average molecular weight is 451 g/mol. The number of nitrogens with zero attached hydrogens (tertiary/aromatic N) is 3. The maximum Gasteiger partial charge on any atom is 0.255 e. The second-order valence-corrected chi connectivity index (χ2v) is 8.79. The molecule has 0 saturated carbocycles. The van der Waals surface area contributed by atoms with Crippen molar-refractivity contribution in [3.8, 4) is 0 Å². The molecule has 1 aliphatic heterocycles.